The molecule has 21 heavy (non-hydrogen) atoms. The summed E-state index contributed by atoms with van der Waals surface area (Å²) in [6.07, 6.45) is 3.28. The fourth-order valence-corrected chi connectivity index (χ4v) is 2.71. The lowest BCUT2D eigenvalue weighted by Gasteiger charge is -2.30. The predicted octanol–water partition coefficient (Wildman–Crippen LogP) is 3.02. The van der Waals surface area contributed by atoms with E-state index >= 15 is 0 Å². The lowest BCUT2D eigenvalue weighted by atomic mass is 10.1. The molecule has 0 bridgehead atoms. The highest BCUT2D eigenvalue weighted by atomic mass is 19.2. The Morgan fingerprint density at radius 3 is 2.43 bits per heavy atom. The lowest BCUT2D eigenvalue weighted by molar-refractivity contribution is -0.134. The number of nitrogens with zero attached hydrogens (tertiary/aromatic N) is 1. The molecule has 1 aromatic rings. The van der Waals surface area contributed by atoms with Crippen LogP contribution in [0.25, 0.3) is 0 Å². The average molecular weight is 296 g/mol. The van der Waals surface area contributed by atoms with Gasteiger partial charge in [-0.3, -0.25) is 10.1 Å². The van der Waals surface area contributed by atoms with Gasteiger partial charge < -0.3 is 4.90 Å². The SMILES string of the molecule is CC(NC(C)c1ccc(F)c(F)c1)C(=O)N1CCCCC1. The number of amides is 1. The first-order chi connectivity index (χ1) is 9.99. The van der Waals surface area contributed by atoms with E-state index in [1.807, 2.05) is 18.7 Å². The number of carbonyl (C=O) groups excluding carboxylic acids is 1. The molecule has 5 heteroatoms. The molecule has 0 aromatic heterocycles. The van der Waals surface area contributed by atoms with Gasteiger partial charge in [0.25, 0.3) is 0 Å². The molecular formula is C16H22F2N2O. The highest BCUT2D eigenvalue weighted by Crippen LogP contribution is 2.17. The Balaban J connectivity index is 1.95. The first-order valence-corrected chi connectivity index (χ1v) is 7.49. The van der Waals surface area contributed by atoms with Crippen LogP contribution in [0.5, 0.6) is 0 Å². The standard InChI is InChI=1S/C16H22F2N2O/c1-11(13-6-7-14(17)15(18)10-13)19-12(2)16(21)20-8-4-3-5-9-20/h6-7,10-12,19H,3-5,8-9H2,1-2H3. The summed E-state index contributed by atoms with van der Waals surface area (Å²) in [6.45, 7) is 5.27. The van der Waals surface area contributed by atoms with Crippen molar-refractivity contribution >= 4 is 5.91 Å². The van der Waals surface area contributed by atoms with Gasteiger partial charge in [-0.05, 0) is 50.8 Å². The second-order valence-corrected chi connectivity index (χ2v) is 5.67. The predicted molar refractivity (Wildman–Crippen MR) is 77.8 cm³/mol. The van der Waals surface area contributed by atoms with Gasteiger partial charge in [-0.25, -0.2) is 8.78 Å². The number of halogens is 2. The van der Waals surface area contributed by atoms with Gasteiger partial charge >= 0.3 is 0 Å². The Kier molecular flexibility index (Phi) is 5.28. The zero-order valence-corrected chi connectivity index (χ0v) is 12.5. The molecule has 1 aromatic carbocycles. The summed E-state index contributed by atoms with van der Waals surface area (Å²) in [7, 11) is 0. The number of benzene rings is 1. The largest absolute Gasteiger partial charge is 0.341 e. The van der Waals surface area contributed by atoms with Crippen LogP contribution in [0.2, 0.25) is 0 Å². The molecule has 2 atom stereocenters. The Morgan fingerprint density at radius 2 is 1.81 bits per heavy atom. The molecule has 116 valence electrons. The zero-order valence-electron chi connectivity index (χ0n) is 12.5. The second-order valence-electron chi connectivity index (χ2n) is 5.67. The van der Waals surface area contributed by atoms with Crippen LogP contribution < -0.4 is 5.32 Å². The van der Waals surface area contributed by atoms with Gasteiger partial charge in [-0.2, -0.15) is 0 Å². The van der Waals surface area contributed by atoms with Crippen LogP contribution in [0.4, 0.5) is 8.78 Å². The summed E-state index contributed by atoms with van der Waals surface area (Å²) in [4.78, 5) is 14.2. The number of nitrogens with one attached hydrogen (secondary N) is 1. The highest BCUT2D eigenvalue weighted by molar-refractivity contribution is 5.81. The monoisotopic (exact) mass is 296 g/mol. The minimum atomic E-state index is -0.865. The summed E-state index contributed by atoms with van der Waals surface area (Å²) in [5.41, 5.74) is 0.632. The topological polar surface area (TPSA) is 32.3 Å². The summed E-state index contributed by atoms with van der Waals surface area (Å²) in [5, 5.41) is 3.16. The van der Waals surface area contributed by atoms with Gasteiger partial charge in [-0.1, -0.05) is 6.07 Å². The molecule has 2 unspecified atom stereocenters. The van der Waals surface area contributed by atoms with E-state index < -0.39 is 11.6 Å². The van der Waals surface area contributed by atoms with Crippen LogP contribution in [-0.2, 0) is 4.79 Å². The average Bonchev–Trinajstić information content (AvgIpc) is 2.50. The van der Waals surface area contributed by atoms with E-state index in [1.54, 1.807) is 0 Å². The van der Waals surface area contributed by atoms with E-state index in [4.69, 9.17) is 0 Å². The first kappa shape index (κ1) is 15.9. The number of hydrogen-bond acceptors (Lipinski definition) is 2. The summed E-state index contributed by atoms with van der Waals surface area (Å²) in [5.74, 6) is -1.65. The van der Waals surface area contributed by atoms with Crippen LogP contribution >= 0.6 is 0 Å². The van der Waals surface area contributed by atoms with Crippen LogP contribution in [-0.4, -0.2) is 29.9 Å². The fourth-order valence-electron chi connectivity index (χ4n) is 2.71. The van der Waals surface area contributed by atoms with E-state index in [1.165, 1.54) is 18.6 Å². The molecule has 2 rings (SSSR count). The molecular weight excluding hydrogens is 274 g/mol. The van der Waals surface area contributed by atoms with E-state index in [9.17, 15) is 13.6 Å². The number of rotatable bonds is 4. The van der Waals surface area contributed by atoms with Gasteiger partial charge in [0.15, 0.2) is 11.6 Å². The van der Waals surface area contributed by atoms with Gasteiger partial charge in [0.05, 0.1) is 6.04 Å². The van der Waals surface area contributed by atoms with Crippen molar-refractivity contribution in [3.63, 3.8) is 0 Å². The van der Waals surface area contributed by atoms with Crippen molar-refractivity contribution in [1.82, 2.24) is 10.2 Å². The maximum Gasteiger partial charge on any atom is 0.239 e. The van der Waals surface area contributed by atoms with Crippen LogP contribution in [0.15, 0.2) is 18.2 Å². The molecule has 3 nitrogen and oxygen atoms in total. The first-order valence-electron chi connectivity index (χ1n) is 7.49. The van der Waals surface area contributed by atoms with E-state index in [0.29, 0.717) is 5.56 Å². The molecule has 1 aliphatic heterocycles. The number of carbonyl (C=O) groups is 1. The van der Waals surface area contributed by atoms with Crippen molar-refractivity contribution in [1.29, 1.82) is 0 Å². The Hall–Kier alpha value is -1.49. The van der Waals surface area contributed by atoms with Gasteiger partial charge in [0.1, 0.15) is 0 Å². The van der Waals surface area contributed by atoms with E-state index in [0.717, 1.165) is 32.0 Å². The fraction of sp³-hybridized carbons (Fsp3) is 0.562. The van der Waals surface area contributed by atoms with Crippen molar-refractivity contribution < 1.29 is 13.6 Å². The summed E-state index contributed by atoms with van der Waals surface area (Å²) < 4.78 is 26.2. The van der Waals surface area contributed by atoms with Crippen molar-refractivity contribution in [3.05, 3.63) is 35.4 Å². The van der Waals surface area contributed by atoms with Crippen molar-refractivity contribution in [2.75, 3.05) is 13.1 Å². The third kappa shape index (κ3) is 4.00. The quantitative estimate of drug-likeness (QED) is 0.926. The maximum atomic E-state index is 13.2. The van der Waals surface area contributed by atoms with Gasteiger partial charge in [-0.15, -0.1) is 0 Å². The minimum Gasteiger partial charge on any atom is -0.341 e. The third-order valence-corrected chi connectivity index (χ3v) is 3.98. The molecule has 1 amide bonds. The molecule has 1 fully saturated rings. The van der Waals surface area contributed by atoms with Crippen molar-refractivity contribution in [2.24, 2.45) is 0 Å². The Bertz CT molecular complexity index is 501. The Morgan fingerprint density at radius 1 is 1.14 bits per heavy atom. The van der Waals surface area contributed by atoms with Crippen LogP contribution in [0, 0.1) is 11.6 Å². The smallest absolute Gasteiger partial charge is 0.239 e. The number of likely N-dealkylation sites (tertiary alicyclic amines) is 1. The minimum absolute atomic E-state index is 0.0733. The second kappa shape index (κ2) is 6.98. The summed E-state index contributed by atoms with van der Waals surface area (Å²) in [6, 6.07) is 3.26. The molecule has 0 saturated carbocycles. The number of piperidine rings is 1. The molecule has 1 N–H and O–H groups in total. The summed E-state index contributed by atoms with van der Waals surface area (Å²) >= 11 is 0. The highest BCUT2D eigenvalue weighted by Gasteiger charge is 2.23. The van der Waals surface area contributed by atoms with E-state index in [2.05, 4.69) is 5.32 Å². The van der Waals surface area contributed by atoms with Crippen molar-refractivity contribution in [3.8, 4) is 0 Å². The zero-order chi connectivity index (χ0) is 15.4. The number of hydrogen-bond donors (Lipinski definition) is 1. The Labute approximate surface area is 124 Å². The van der Waals surface area contributed by atoms with Crippen LogP contribution in [0.1, 0.15) is 44.7 Å². The molecule has 1 heterocycles. The maximum absolute atomic E-state index is 13.2. The van der Waals surface area contributed by atoms with Gasteiger partial charge in [0.2, 0.25) is 5.91 Å². The van der Waals surface area contributed by atoms with Gasteiger partial charge in [0, 0.05) is 19.1 Å². The van der Waals surface area contributed by atoms with Crippen molar-refractivity contribution in [2.45, 2.75) is 45.2 Å². The molecule has 1 aliphatic rings. The van der Waals surface area contributed by atoms with Crippen LogP contribution in [0.3, 0.4) is 0 Å². The third-order valence-electron chi connectivity index (χ3n) is 3.98. The molecule has 1 saturated heterocycles. The lowest BCUT2D eigenvalue weighted by Crippen LogP contribution is -2.47. The molecule has 0 aliphatic carbocycles. The molecule has 0 radical (unpaired) electrons. The van der Waals surface area contributed by atoms with E-state index in [-0.39, 0.29) is 18.0 Å². The molecule has 0 spiro atoms. The normalized spacial score (nSPS) is 18.4.